The second kappa shape index (κ2) is 6.43. The van der Waals surface area contributed by atoms with Crippen LogP contribution in [-0.4, -0.2) is 27.9 Å². The van der Waals surface area contributed by atoms with Gasteiger partial charge in [-0.1, -0.05) is 6.07 Å². The Hall–Kier alpha value is -3.09. The molecule has 7 heteroatoms. The molecule has 128 valence electrons. The van der Waals surface area contributed by atoms with Crippen molar-refractivity contribution < 1.29 is 9.21 Å². The van der Waals surface area contributed by atoms with Crippen molar-refractivity contribution in [2.75, 3.05) is 11.4 Å². The SMILES string of the molecule is O=C(NCc1ccco1)[C@@H]1CCCN1c1cc(=O)n2ccccc2n1. The zero-order valence-electron chi connectivity index (χ0n) is 13.6. The highest BCUT2D eigenvalue weighted by atomic mass is 16.3. The number of aromatic nitrogens is 2. The molecule has 1 atom stereocenters. The fraction of sp³-hybridized carbons (Fsp3) is 0.278. The Morgan fingerprint density at radius 2 is 2.24 bits per heavy atom. The molecule has 0 aromatic carbocycles. The molecule has 4 heterocycles. The Labute approximate surface area is 143 Å². The van der Waals surface area contributed by atoms with E-state index in [9.17, 15) is 9.59 Å². The number of amides is 1. The van der Waals surface area contributed by atoms with Crippen molar-refractivity contribution in [2.45, 2.75) is 25.4 Å². The van der Waals surface area contributed by atoms with Crippen LogP contribution in [0.25, 0.3) is 5.65 Å². The average molecular weight is 338 g/mol. The molecule has 0 aliphatic carbocycles. The zero-order chi connectivity index (χ0) is 17.2. The van der Waals surface area contributed by atoms with Crippen LogP contribution in [0, 0.1) is 0 Å². The standard InChI is InChI=1S/C18H18N4O3/c23-17-11-16(20-15-7-1-2-8-22(15)17)21-9-3-6-14(21)18(24)19-12-13-5-4-10-25-13/h1-2,4-5,7-8,10-11,14H,3,6,9,12H2,(H,19,24)/t14-/m0/s1. The molecule has 3 aromatic rings. The Kier molecular flexibility index (Phi) is 3.97. The Morgan fingerprint density at radius 1 is 1.32 bits per heavy atom. The third kappa shape index (κ3) is 3.00. The van der Waals surface area contributed by atoms with Crippen LogP contribution in [-0.2, 0) is 11.3 Å². The van der Waals surface area contributed by atoms with Crippen molar-refractivity contribution in [3.05, 3.63) is 65.0 Å². The maximum absolute atomic E-state index is 12.6. The van der Waals surface area contributed by atoms with E-state index in [4.69, 9.17) is 4.42 Å². The van der Waals surface area contributed by atoms with Gasteiger partial charge >= 0.3 is 0 Å². The first-order chi connectivity index (χ1) is 12.2. The van der Waals surface area contributed by atoms with E-state index in [0.717, 1.165) is 12.8 Å². The molecule has 3 aromatic heterocycles. The number of anilines is 1. The lowest BCUT2D eigenvalue weighted by Gasteiger charge is -2.24. The monoisotopic (exact) mass is 338 g/mol. The number of carbonyl (C=O) groups excluding carboxylic acids is 1. The maximum Gasteiger partial charge on any atom is 0.259 e. The van der Waals surface area contributed by atoms with E-state index in [2.05, 4.69) is 10.3 Å². The first-order valence-corrected chi connectivity index (χ1v) is 8.27. The number of hydrogen-bond donors (Lipinski definition) is 1. The van der Waals surface area contributed by atoms with E-state index in [1.807, 2.05) is 17.0 Å². The molecule has 0 spiro atoms. The summed E-state index contributed by atoms with van der Waals surface area (Å²) in [6, 6.07) is 10.2. The number of fused-ring (bicyclic) bond motifs is 1. The maximum atomic E-state index is 12.6. The van der Waals surface area contributed by atoms with Crippen LogP contribution in [0.15, 0.2) is 58.1 Å². The number of furan rings is 1. The van der Waals surface area contributed by atoms with Crippen molar-refractivity contribution in [1.82, 2.24) is 14.7 Å². The van der Waals surface area contributed by atoms with Gasteiger partial charge in [0.25, 0.3) is 5.56 Å². The van der Waals surface area contributed by atoms with Gasteiger partial charge < -0.3 is 14.6 Å². The molecule has 0 radical (unpaired) electrons. The second-order valence-corrected chi connectivity index (χ2v) is 6.03. The fourth-order valence-corrected chi connectivity index (χ4v) is 3.21. The molecule has 0 unspecified atom stereocenters. The number of rotatable bonds is 4. The first kappa shape index (κ1) is 15.4. The van der Waals surface area contributed by atoms with E-state index in [0.29, 0.717) is 30.3 Å². The highest BCUT2D eigenvalue weighted by Gasteiger charge is 2.32. The highest BCUT2D eigenvalue weighted by molar-refractivity contribution is 5.85. The highest BCUT2D eigenvalue weighted by Crippen LogP contribution is 2.23. The molecule has 1 fully saturated rings. The molecule has 4 rings (SSSR count). The summed E-state index contributed by atoms with van der Waals surface area (Å²) < 4.78 is 6.73. The summed E-state index contributed by atoms with van der Waals surface area (Å²) in [5, 5.41) is 2.89. The molecule has 1 aliphatic rings. The molecule has 7 nitrogen and oxygen atoms in total. The van der Waals surface area contributed by atoms with Gasteiger partial charge in [-0.3, -0.25) is 14.0 Å². The summed E-state index contributed by atoms with van der Waals surface area (Å²) >= 11 is 0. The van der Waals surface area contributed by atoms with Gasteiger partial charge in [0.15, 0.2) is 0 Å². The van der Waals surface area contributed by atoms with Crippen LogP contribution in [0.2, 0.25) is 0 Å². The zero-order valence-corrected chi connectivity index (χ0v) is 13.6. The topological polar surface area (TPSA) is 79.9 Å². The number of hydrogen-bond acceptors (Lipinski definition) is 5. The van der Waals surface area contributed by atoms with Crippen molar-refractivity contribution in [2.24, 2.45) is 0 Å². The Morgan fingerprint density at radius 3 is 3.08 bits per heavy atom. The Balaban J connectivity index is 1.56. The summed E-state index contributed by atoms with van der Waals surface area (Å²) in [6.07, 6.45) is 4.89. The average Bonchev–Trinajstić information content (AvgIpc) is 3.31. The fourth-order valence-electron chi connectivity index (χ4n) is 3.21. The van der Waals surface area contributed by atoms with Crippen molar-refractivity contribution >= 4 is 17.4 Å². The minimum Gasteiger partial charge on any atom is -0.467 e. The van der Waals surface area contributed by atoms with Gasteiger partial charge in [0, 0.05) is 18.8 Å². The van der Waals surface area contributed by atoms with Gasteiger partial charge in [-0.2, -0.15) is 0 Å². The number of carbonyl (C=O) groups is 1. The van der Waals surface area contributed by atoms with E-state index in [-0.39, 0.29) is 17.5 Å². The summed E-state index contributed by atoms with van der Waals surface area (Å²) in [4.78, 5) is 31.3. The minimum absolute atomic E-state index is 0.0797. The van der Waals surface area contributed by atoms with Crippen LogP contribution < -0.4 is 15.8 Å². The van der Waals surface area contributed by atoms with E-state index < -0.39 is 0 Å². The lowest BCUT2D eigenvalue weighted by Crippen LogP contribution is -2.43. The number of nitrogens with zero attached hydrogens (tertiary/aromatic N) is 3. The second-order valence-electron chi connectivity index (χ2n) is 6.03. The number of pyridine rings is 1. The van der Waals surface area contributed by atoms with E-state index >= 15 is 0 Å². The Bertz CT molecular complexity index is 948. The third-order valence-corrected chi connectivity index (χ3v) is 4.42. The van der Waals surface area contributed by atoms with Gasteiger partial charge in [0.2, 0.25) is 5.91 Å². The van der Waals surface area contributed by atoms with Gasteiger partial charge in [0.1, 0.15) is 23.3 Å². The largest absolute Gasteiger partial charge is 0.467 e. The van der Waals surface area contributed by atoms with Crippen LogP contribution in [0.1, 0.15) is 18.6 Å². The summed E-state index contributed by atoms with van der Waals surface area (Å²) in [6.45, 7) is 1.05. The number of nitrogens with one attached hydrogen (secondary N) is 1. The predicted molar refractivity (Wildman–Crippen MR) is 92.4 cm³/mol. The van der Waals surface area contributed by atoms with Crippen LogP contribution in [0.5, 0.6) is 0 Å². The molecular weight excluding hydrogens is 320 g/mol. The molecule has 0 saturated carbocycles. The molecule has 1 aliphatic heterocycles. The van der Waals surface area contributed by atoms with Gasteiger partial charge in [-0.25, -0.2) is 4.98 Å². The van der Waals surface area contributed by atoms with Crippen LogP contribution in [0.4, 0.5) is 5.82 Å². The third-order valence-electron chi connectivity index (χ3n) is 4.42. The van der Waals surface area contributed by atoms with Crippen LogP contribution in [0.3, 0.4) is 0 Å². The summed E-state index contributed by atoms with van der Waals surface area (Å²) in [5.74, 6) is 1.18. The van der Waals surface area contributed by atoms with Crippen molar-refractivity contribution in [1.29, 1.82) is 0 Å². The van der Waals surface area contributed by atoms with Gasteiger partial charge in [-0.15, -0.1) is 0 Å². The van der Waals surface area contributed by atoms with E-state index in [1.165, 1.54) is 10.5 Å². The molecule has 1 saturated heterocycles. The lowest BCUT2D eigenvalue weighted by molar-refractivity contribution is -0.122. The lowest BCUT2D eigenvalue weighted by atomic mass is 10.2. The quantitative estimate of drug-likeness (QED) is 0.781. The van der Waals surface area contributed by atoms with E-state index in [1.54, 1.807) is 30.7 Å². The molecule has 1 N–H and O–H groups in total. The molecule has 0 bridgehead atoms. The van der Waals surface area contributed by atoms with Crippen LogP contribution >= 0.6 is 0 Å². The molecular formula is C18H18N4O3. The van der Waals surface area contributed by atoms with Crippen molar-refractivity contribution in [3.63, 3.8) is 0 Å². The normalized spacial score (nSPS) is 17.1. The molecule has 25 heavy (non-hydrogen) atoms. The summed E-state index contributed by atoms with van der Waals surface area (Å²) in [7, 11) is 0. The van der Waals surface area contributed by atoms with Gasteiger partial charge in [0.05, 0.1) is 12.8 Å². The van der Waals surface area contributed by atoms with Crippen molar-refractivity contribution in [3.8, 4) is 0 Å². The predicted octanol–water partition coefficient (Wildman–Crippen LogP) is 1.57. The smallest absolute Gasteiger partial charge is 0.259 e. The molecule has 1 amide bonds. The summed E-state index contributed by atoms with van der Waals surface area (Å²) in [5.41, 5.74) is 0.425. The van der Waals surface area contributed by atoms with Gasteiger partial charge in [-0.05, 0) is 37.1 Å². The minimum atomic E-state index is -0.326. The first-order valence-electron chi connectivity index (χ1n) is 8.27.